The number of benzene rings is 2. The number of amides is 2. The molecule has 0 bridgehead atoms. The molecule has 0 spiro atoms. The van der Waals surface area contributed by atoms with Gasteiger partial charge in [0, 0.05) is 37.1 Å². The van der Waals surface area contributed by atoms with Gasteiger partial charge in [-0.15, -0.1) is 0 Å². The Labute approximate surface area is 186 Å². The van der Waals surface area contributed by atoms with Gasteiger partial charge in [-0.3, -0.25) is 4.90 Å². The highest BCUT2D eigenvalue weighted by atomic mass is 16.3. The molecule has 2 aliphatic heterocycles. The molecule has 5 nitrogen and oxygen atoms in total. The second-order valence-corrected chi connectivity index (χ2v) is 9.33. The number of rotatable bonds is 4. The maximum absolute atomic E-state index is 12.7. The van der Waals surface area contributed by atoms with E-state index in [1.54, 1.807) is 0 Å². The van der Waals surface area contributed by atoms with E-state index in [2.05, 4.69) is 65.7 Å². The number of hydrogen-bond acceptors (Lipinski definition) is 3. The molecule has 5 heteroatoms. The number of hydrogen-bond donors (Lipinski definition) is 2. The predicted molar refractivity (Wildman–Crippen MR) is 125 cm³/mol. The first kappa shape index (κ1) is 21.8. The molecule has 0 radical (unpaired) electrons. The van der Waals surface area contributed by atoms with Gasteiger partial charge < -0.3 is 15.3 Å². The van der Waals surface area contributed by atoms with E-state index in [9.17, 15) is 9.90 Å². The van der Waals surface area contributed by atoms with Crippen LogP contribution in [0.1, 0.15) is 43.7 Å². The molecule has 0 aromatic heterocycles. The lowest BCUT2D eigenvalue weighted by atomic mass is 9.74. The first-order chi connectivity index (χ1) is 15.0. The molecule has 2 fully saturated rings. The Morgan fingerprint density at radius 2 is 1.84 bits per heavy atom. The van der Waals surface area contributed by atoms with Crippen molar-refractivity contribution in [3.63, 3.8) is 0 Å². The minimum Gasteiger partial charge on any atom is -0.395 e. The molecule has 2 N–H and O–H groups in total. The molecular weight excluding hydrogens is 386 g/mol. The average molecular weight is 422 g/mol. The predicted octanol–water partition coefficient (Wildman–Crippen LogP) is 4.00. The molecule has 3 atom stereocenters. The summed E-state index contributed by atoms with van der Waals surface area (Å²) in [5.41, 5.74) is 4.94. The standard InChI is InChI=1S/C26H35N3O2/c1-18(2)27-26(31)28-13-4-5-14-29-23(16-28)25(24(29)17-30)21-11-9-20(10-12-21)22-8-6-7-19(3)15-22/h6-12,15,18,23-25,30H,4-5,13-14,16-17H2,1-3H3,(H,27,31)/t23-,24-,25+/m1/s1. The van der Waals surface area contributed by atoms with Crippen LogP contribution < -0.4 is 5.32 Å². The third-order valence-corrected chi connectivity index (χ3v) is 6.72. The number of urea groups is 1. The molecule has 2 aliphatic rings. The zero-order valence-corrected chi connectivity index (χ0v) is 18.9. The molecular formula is C26H35N3O2. The van der Waals surface area contributed by atoms with Gasteiger partial charge in [-0.05, 0) is 56.8 Å². The van der Waals surface area contributed by atoms with Crippen LogP contribution >= 0.6 is 0 Å². The number of carbonyl (C=O) groups excluding carboxylic acids is 1. The van der Waals surface area contributed by atoms with Gasteiger partial charge in [-0.2, -0.15) is 0 Å². The van der Waals surface area contributed by atoms with Crippen LogP contribution in [0.3, 0.4) is 0 Å². The van der Waals surface area contributed by atoms with Crippen molar-refractivity contribution < 1.29 is 9.90 Å². The minimum absolute atomic E-state index is 0.0258. The second kappa shape index (κ2) is 9.41. The summed E-state index contributed by atoms with van der Waals surface area (Å²) in [6.45, 7) is 8.76. The number of nitrogens with one attached hydrogen (secondary N) is 1. The van der Waals surface area contributed by atoms with Crippen LogP contribution in [-0.2, 0) is 0 Å². The summed E-state index contributed by atoms with van der Waals surface area (Å²) in [5.74, 6) is 0.240. The Morgan fingerprint density at radius 1 is 1.10 bits per heavy atom. The highest BCUT2D eigenvalue weighted by molar-refractivity contribution is 5.74. The molecule has 0 saturated carbocycles. The number of carbonyl (C=O) groups is 1. The smallest absolute Gasteiger partial charge is 0.317 e. The molecule has 2 saturated heterocycles. The van der Waals surface area contributed by atoms with E-state index < -0.39 is 0 Å². The van der Waals surface area contributed by atoms with Crippen LogP contribution in [-0.4, -0.2) is 65.3 Å². The SMILES string of the molecule is Cc1cccc(-c2ccc([C@@H]3[C@@H](CO)N4CCCCN(C(=O)NC(C)C)C[C@H]34)cc2)c1. The molecule has 4 rings (SSSR count). The number of nitrogens with zero attached hydrogens (tertiary/aromatic N) is 2. The number of aryl methyl sites for hydroxylation is 1. The Balaban J connectivity index is 1.55. The Kier molecular flexibility index (Phi) is 6.63. The van der Waals surface area contributed by atoms with E-state index in [0.717, 1.165) is 25.9 Å². The van der Waals surface area contributed by atoms with Gasteiger partial charge >= 0.3 is 6.03 Å². The summed E-state index contributed by atoms with van der Waals surface area (Å²) in [6, 6.07) is 17.9. The van der Waals surface area contributed by atoms with Gasteiger partial charge in [-0.25, -0.2) is 4.79 Å². The van der Waals surface area contributed by atoms with E-state index in [0.29, 0.717) is 6.54 Å². The van der Waals surface area contributed by atoms with Crippen molar-refractivity contribution in [2.45, 2.75) is 57.7 Å². The lowest BCUT2D eigenvalue weighted by molar-refractivity contribution is -0.0591. The van der Waals surface area contributed by atoms with Crippen LogP contribution in [0.5, 0.6) is 0 Å². The van der Waals surface area contributed by atoms with Crippen molar-refractivity contribution in [1.29, 1.82) is 0 Å². The van der Waals surface area contributed by atoms with Crippen LogP contribution in [0.25, 0.3) is 11.1 Å². The average Bonchev–Trinajstić information content (AvgIpc) is 2.72. The van der Waals surface area contributed by atoms with E-state index in [-0.39, 0.29) is 36.7 Å². The molecule has 31 heavy (non-hydrogen) atoms. The fourth-order valence-corrected chi connectivity index (χ4v) is 5.19. The van der Waals surface area contributed by atoms with Gasteiger partial charge in [0.15, 0.2) is 0 Å². The van der Waals surface area contributed by atoms with Crippen molar-refractivity contribution in [2.75, 3.05) is 26.2 Å². The normalized spacial score (nSPS) is 24.2. The zero-order chi connectivity index (χ0) is 22.0. The Morgan fingerprint density at radius 3 is 2.52 bits per heavy atom. The highest BCUT2D eigenvalue weighted by Gasteiger charge is 2.49. The number of aliphatic hydroxyl groups excluding tert-OH is 1. The van der Waals surface area contributed by atoms with Gasteiger partial charge in [0.2, 0.25) is 0 Å². The van der Waals surface area contributed by atoms with E-state index >= 15 is 0 Å². The minimum atomic E-state index is 0.0258. The summed E-state index contributed by atoms with van der Waals surface area (Å²) in [5, 5.41) is 13.2. The van der Waals surface area contributed by atoms with Gasteiger partial charge in [-0.1, -0.05) is 54.1 Å². The first-order valence-electron chi connectivity index (χ1n) is 11.6. The lowest BCUT2D eigenvalue weighted by Crippen LogP contribution is -2.68. The van der Waals surface area contributed by atoms with Crippen molar-refractivity contribution in [2.24, 2.45) is 0 Å². The molecule has 2 aromatic rings. The summed E-state index contributed by atoms with van der Waals surface area (Å²) in [7, 11) is 0. The Hall–Kier alpha value is -2.37. The Bertz CT molecular complexity index is 896. The maximum Gasteiger partial charge on any atom is 0.317 e. The quantitative estimate of drug-likeness (QED) is 0.784. The fourth-order valence-electron chi connectivity index (χ4n) is 5.19. The molecule has 2 amide bonds. The topological polar surface area (TPSA) is 55.8 Å². The fraction of sp³-hybridized carbons (Fsp3) is 0.500. The monoisotopic (exact) mass is 421 g/mol. The van der Waals surface area contributed by atoms with Crippen molar-refractivity contribution >= 4 is 6.03 Å². The van der Waals surface area contributed by atoms with Crippen molar-refractivity contribution in [1.82, 2.24) is 15.1 Å². The van der Waals surface area contributed by atoms with E-state index in [4.69, 9.17) is 0 Å². The third-order valence-electron chi connectivity index (χ3n) is 6.72. The van der Waals surface area contributed by atoms with Crippen LogP contribution in [0.15, 0.2) is 48.5 Å². The molecule has 166 valence electrons. The van der Waals surface area contributed by atoms with Crippen molar-refractivity contribution in [3.8, 4) is 11.1 Å². The number of aliphatic hydroxyl groups is 1. The summed E-state index contributed by atoms with van der Waals surface area (Å²) in [6.07, 6.45) is 2.06. The van der Waals surface area contributed by atoms with E-state index in [1.807, 2.05) is 18.7 Å². The number of fused-ring (bicyclic) bond motifs is 1. The summed E-state index contributed by atoms with van der Waals surface area (Å²) >= 11 is 0. The molecule has 0 unspecified atom stereocenters. The van der Waals surface area contributed by atoms with Crippen molar-refractivity contribution in [3.05, 3.63) is 59.7 Å². The second-order valence-electron chi connectivity index (χ2n) is 9.33. The summed E-state index contributed by atoms with van der Waals surface area (Å²) < 4.78 is 0. The van der Waals surface area contributed by atoms with Crippen LogP contribution in [0.2, 0.25) is 0 Å². The molecule has 2 heterocycles. The van der Waals surface area contributed by atoms with Gasteiger partial charge in [0.25, 0.3) is 0 Å². The van der Waals surface area contributed by atoms with Gasteiger partial charge in [0.1, 0.15) is 0 Å². The van der Waals surface area contributed by atoms with Gasteiger partial charge in [0.05, 0.1) is 6.61 Å². The van der Waals surface area contributed by atoms with Crippen LogP contribution in [0.4, 0.5) is 4.79 Å². The molecule has 0 aliphatic carbocycles. The zero-order valence-electron chi connectivity index (χ0n) is 18.9. The first-order valence-corrected chi connectivity index (χ1v) is 11.6. The summed E-state index contributed by atoms with van der Waals surface area (Å²) in [4.78, 5) is 17.1. The van der Waals surface area contributed by atoms with Crippen LogP contribution in [0, 0.1) is 6.92 Å². The highest BCUT2D eigenvalue weighted by Crippen LogP contribution is 2.42. The largest absolute Gasteiger partial charge is 0.395 e. The molecule has 2 aromatic carbocycles. The third kappa shape index (κ3) is 4.63. The lowest BCUT2D eigenvalue weighted by Gasteiger charge is -2.57. The van der Waals surface area contributed by atoms with E-state index in [1.165, 1.54) is 22.3 Å². The maximum atomic E-state index is 12.7.